The van der Waals surface area contributed by atoms with Gasteiger partial charge in [0.05, 0.1) is 13.3 Å². The van der Waals surface area contributed by atoms with E-state index >= 15 is 0 Å². The standard InChI is InChI=1S/C21H21FN2O2/c1-14-10-18(15(2)9-17(14)22)23-21-11-19(25)20(26-3)13-24(21)12-16-7-5-4-6-8-16/h4-11,13,23H,12H2,1-3H3. The molecule has 26 heavy (non-hydrogen) atoms. The van der Waals surface area contributed by atoms with Gasteiger partial charge in [0.15, 0.2) is 5.75 Å². The van der Waals surface area contributed by atoms with Crippen LogP contribution in [0.3, 0.4) is 0 Å². The number of aryl methyl sites for hydroxylation is 2. The Bertz CT molecular complexity index is 981. The molecule has 0 fully saturated rings. The van der Waals surface area contributed by atoms with E-state index in [0.717, 1.165) is 16.8 Å². The minimum atomic E-state index is -0.246. The lowest BCUT2D eigenvalue weighted by molar-refractivity contribution is 0.406. The molecule has 0 bridgehead atoms. The van der Waals surface area contributed by atoms with Crippen LogP contribution >= 0.6 is 0 Å². The van der Waals surface area contributed by atoms with Gasteiger partial charge in [0.2, 0.25) is 5.43 Å². The molecule has 0 aliphatic heterocycles. The zero-order valence-electron chi connectivity index (χ0n) is 15.0. The van der Waals surface area contributed by atoms with Gasteiger partial charge in [0.1, 0.15) is 11.6 Å². The average Bonchev–Trinajstić information content (AvgIpc) is 2.62. The van der Waals surface area contributed by atoms with Crippen molar-refractivity contribution in [2.75, 3.05) is 12.4 Å². The fourth-order valence-electron chi connectivity index (χ4n) is 2.78. The van der Waals surface area contributed by atoms with E-state index in [1.54, 1.807) is 19.2 Å². The van der Waals surface area contributed by atoms with Gasteiger partial charge in [0.25, 0.3) is 0 Å². The smallest absolute Gasteiger partial charge is 0.225 e. The second-order valence-electron chi connectivity index (χ2n) is 6.25. The number of hydrogen-bond acceptors (Lipinski definition) is 3. The van der Waals surface area contributed by atoms with Crippen molar-refractivity contribution in [1.82, 2.24) is 4.57 Å². The Morgan fingerprint density at radius 3 is 2.50 bits per heavy atom. The minimum Gasteiger partial charge on any atom is -0.491 e. The summed E-state index contributed by atoms with van der Waals surface area (Å²) in [5.74, 6) is 0.650. The lowest BCUT2D eigenvalue weighted by Crippen LogP contribution is -2.14. The summed E-state index contributed by atoms with van der Waals surface area (Å²) in [5.41, 5.74) is 2.95. The van der Waals surface area contributed by atoms with Crippen LogP contribution < -0.4 is 15.5 Å². The van der Waals surface area contributed by atoms with E-state index in [2.05, 4.69) is 5.32 Å². The van der Waals surface area contributed by atoms with Crippen LogP contribution in [0.5, 0.6) is 5.75 Å². The van der Waals surface area contributed by atoms with Crippen molar-refractivity contribution in [2.24, 2.45) is 0 Å². The van der Waals surface area contributed by atoms with Gasteiger partial charge >= 0.3 is 0 Å². The number of halogens is 1. The predicted molar refractivity (Wildman–Crippen MR) is 102 cm³/mol. The maximum atomic E-state index is 13.7. The normalized spacial score (nSPS) is 10.6. The van der Waals surface area contributed by atoms with E-state index < -0.39 is 0 Å². The Kier molecular flexibility index (Phi) is 5.07. The van der Waals surface area contributed by atoms with E-state index in [1.807, 2.05) is 41.8 Å². The summed E-state index contributed by atoms with van der Waals surface area (Å²) in [6, 6.07) is 14.7. The Labute approximate surface area is 151 Å². The molecule has 3 aromatic rings. The maximum absolute atomic E-state index is 13.7. The summed E-state index contributed by atoms with van der Waals surface area (Å²) < 4.78 is 20.8. The van der Waals surface area contributed by atoms with Gasteiger partial charge in [-0.1, -0.05) is 30.3 Å². The van der Waals surface area contributed by atoms with E-state index in [0.29, 0.717) is 17.9 Å². The van der Waals surface area contributed by atoms with E-state index in [-0.39, 0.29) is 17.0 Å². The molecule has 0 spiro atoms. The lowest BCUT2D eigenvalue weighted by Gasteiger charge is -2.18. The molecule has 0 aliphatic carbocycles. The number of ether oxygens (including phenoxy) is 1. The molecule has 0 saturated heterocycles. The van der Waals surface area contributed by atoms with Crippen molar-refractivity contribution in [3.63, 3.8) is 0 Å². The van der Waals surface area contributed by atoms with Crippen molar-refractivity contribution in [3.05, 3.63) is 87.5 Å². The molecule has 0 aliphatic rings. The van der Waals surface area contributed by atoms with E-state index in [4.69, 9.17) is 4.74 Å². The van der Waals surface area contributed by atoms with E-state index in [9.17, 15) is 9.18 Å². The Hall–Kier alpha value is -3.08. The zero-order valence-corrected chi connectivity index (χ0v) is 15.0. The Morgan fingerprint density at radius 2 is 1.81 bits per heavy atom. The first-order valence-corrected chi connectivity index (χ1v) is 8.34. The average molecular weight is 352 g/mol. The Balaban J connectivity index is 2.04. The van der Waals surface area contributed by atoms with Gasteiger partial charge in [-0.05, 0) is 42.7 Å². The first kappa shape index (κ1) is 17.7. The molecule has 1 aromatic heterocycles. The molecular weight excluding hydrogens is 331 g/mol. The molecule has 0 radical (unpaired) electrons. The molecule has 5 heteroatoms. The van der Waals surface area contributed by atoms with Crippen molar-refractivity contribution in [1.29, 1.82) is 0 Å². The van der Waals surface area contributed by atoms with Crippen LogP contribution in [-0.4, -0.2) is 11.7 Å². The van der Waals surface area contributed by atoms with Crippen molar-refractivity contribution < 1.29 is 9.13 Å². The molecule has 1 heterocycles. The van der Waals surface area contributed by atoms with Gasteiger partial charge in [-0.3, -0.25) is 4.79 Å². The molecule has 2 aromatic carbocycles. The molecule has 0 unspecified atom stereocenters. The number of aromatic nitrogens is 1. The van der Waals surface area contributed by atoms with Crippen LogP contribution in [-0.2, 0) is 6.54 Å². The van der Waals surface area contributed by atoms with Crippen molar-refractivity contribution in [2.45, 2.75) is 20.4 Å². The van der Waals surface area contributed by atoms with Crippen LogP contribution in [0.2, 0.25) is 0 Å². The summed E-state index contributed by atoms with van der Waals surface area (Å²) >= 11 is 0. The van der Waals surface area contributed by atoms with Crippen LogP contribution in [0, 0.1) is 19.7 Å². The summed E-state index contributed by atoms with van der Waals surface area (Å²) in [7, 11) is 1.48. The van der Waals surface area contributed by atoms with Gasteiger partial charge in [-0.25, -0.2) is 4.39 Å². The number of benzene rings is 2. The molecule has 0 amide bonds. The number of anilines is 2. The molecule has 1 N–H and O–H groups in total. The summed E-state index contributed by atoms with van der Waals surface area (Å²) in [6.45, 7) is 4.11. The quantitative estimate of drug-likeness (QED) is 0.740. The second-order valence-corrected chi connectivity index (χ2v) is 6.25. The third-order valence-electron chi connectivity index (χ3n) is 4.28. The summed E-state index contributed by atoms with van der Waals surface area (Å²) in [6.07, 6.45) is 1.68. The van der Waals surface area contributed by atoms with Crippen LogP contribution in [0.1, 0.15) is 16.7 Å². The SMILES string of the molecule is COc1cn(Cc2ccccc2)c(Nc2cc(C)c(F)cc2C)cc1=O. The van der Waals surface area contributed by atoms with Gasteiger partial charge in [0, 0.05) is 18.3 Å². The fraction of sp³-hybridized carbons (Fsp3) is 0.190. The zero-order chi connectivity index (χ0) is 18.7. The summed E-state index contributed by atoms with van der Waals surface area (Å²) in [4.78, 5) is 12.2. The van der Waals surface area contributed by atoms with Crippen molar-refractivity contribution in [3.8, 4) is 5.75 Å². The highest BCUT2D eigenvalue weighted by atomic mass is 19.1. The van der Waals surface area contributed by atoms with Crippen LogP contribution in [0.4, 0.5) is 15.9 Å². The number of rotatable bonds is 5. The number of nitrogens with zero attached hydrogens (tertiary/aromatic N) is 1. The first-order chi connectivity index (χ1) is 12.5. The van der Waals surface area contributed by atoms with Crippen molar-refractivity contribution >= 4 is 11.5 Å². The minimum absolute atomic E-state index is 0.212. The topological polar surface area (TPSA) is 43.3 Å². The lowest BCUT2D eigenvalue weighted by atomic mass is 10.1. The number of nitrogens with one attached hydrogen (secondary N) is 1. The number of pyridine rings is 1. The predicted octanol–water partition coefficient (Wildman–Crippen LogP) is 4.40. The molecule has 3 rings (SSSR count). The molecule has 0 saturated carbocycles. The monoisotopic (exact) mass is 352 g/mol. The molecule has 0 atom stereocenters. The molecule has 4 nitrogen and oxygen atoms in total. The molecular formula is C21H21FN2O2. The number of methoxy groups -OCH3 is 1. The fourth-order valence-corrected chi connectivity index (χ4v) is 2.78. The molecule has 134 valence electrons. The van der Waals surface area contributed by atoms with Crippen LogP contribution in [0.25, 0.3) is 0 Å². The largest absolute Gasteiger partial charge is 0.491 e. The van der Waals surface area contributed by atoms with Gasteiger partial charge in [-0.15, -0.1) is 0 Å². The third kappa shape index (κ3) is 3.77. The Morgan fingerprint density at radius 1 is 1.08 bits per heavy atom. The maximum Gasteiger partial charge on any atom is 0.225 e. The van der Waals surface area contributed by atoms with Gasteiger partial charge < -0.3 is 14.6 Å². The van der Waals surface area contributed by atoms with E-state index in [1.165, 1.54) is 19.2 Å². The highest BCUT2D eigenvalue weighted by Crippen LogP contribution is 2.24. The number of hydrogen-bond donors (Lipinski definition) is 1. The third-order valence-corrected chi connectivity index (χ3v) is 4.28. The van der Waals surface area contributed by atoms with Crippen LogP contribution in [0.15, 0.2) is 59.5 Å². The highest BCUT2D eigenvalue weighted by molar-refractivity contribution is 5.62. The van der Waals surface area contributed by atoms with Gasteiger partial charge in [-0.2, -0.15) is 0 Å². The summed E-state index contributed by atoms with van der Waals surface area (Å²) in [5, 5.41) is 3.26. The second kappa shape index (κ2) is 7.44. The highest BCUT2D eigenvalue weighted by Gasteiger charge is 2.11. The first-order valence-electron chi connectivity index (χ1n) is 8.34.